The fourth-order valence-corrected chi connectivity index (χ4v) is 6.42. The van der Waals surface area contributed by atoms with E-state index in [4.69, 9.17) is 0 Å². The smallest absolute Gasteiger partial charge is 0.222 e. The van der Waals surface area contributed by atoms with Crippen molar-refractivity contribution in [3.05, 3.63) is 48.6 Å². The Morgan fingerprint density at radius 2 is 0.843 bits per heavy atom. The van der Waals surface area contributed by atoms with Crippen LogP contribution in [0.25, 0.3) is 0 Å². The van der Waals surface area contributed by atoms with Gasteiger partial charge in [0.1, 0.15) is 0 Å². The van der Waals surface area contributed by atoms with Crippen molar-refractivity contribution in [2.45, 2.75) is 231 Å². The normalized spacial score (nSPS) is 14.1. The fourth-order valence-electron chi connectivity index (χ4n) is 6.42. The average Bonchev–Trinajstić information content (AvgIpc) is 3.12. The summed E-state index contributed by atoms with van der Waals surface area (Å²) in [5.74, 6) is -0.336. The Balaban J connectivity index is 3.75. The SMILES string of the molecule is CCCCCC/C=C\CCCCCCCC(O)CC(=O)NC(CO)C(O)/C=C/CC/C=C/CC/C=C/CCCCCCCCCCCCCCC. The first-order chi connectivity index (χ1) is 25.0. The zero-order valence-corrected chi connectivity index (χ0v) is 33.7. The molecule has 0 aromatic rings. The van der Waals surface area contributed by atoms with Crippen molar-refractivity contribution in [2.24, 2.45) is 0 Å². The summed E-state index contributed by atoms with van der Waals surface area (Å²) in [6.45, 7) is 4.17. The van der Waals surface area contributed by atoms with E-state index in [1.54, 1.807) is 6.08 Å². The summed E-state index contributed by atoms with van der Waals surface area (Å²) in [5.41, 5.74) is 0. The number of aliphatic hydroxyl groups excluding tert-OH is 3. The second-order valence-electron chi connectivity index (χ2n) is 14.9. The molecule has 0 spiro atoms. The van der Waals surface area contributed by atoms with Gasteiger partial charge >= 0.3 is 0 Å². The lowest BCUT2D eigenvalue weighted by Crippen LogP contribution is -2.45. The van der Waals surface area contributed by atoms with E-state index in [0.29, 0.717) is 6.42 Å². The second-order valence-corrected chi connectivity index (χ2v) is 14.9. The van der Waals surface area contributed by atoms with Gasteiger partial charge in [0, 0.05) is 0 Å². The molecular formula is C46H85NO4. The maximum atomic E-state index is 12.4. The van der Waals surface area contributed by atoms with Crippen molar-refractivity contribution in [1.82, 2.24) is 5.32 Å². The van der Waals surface area contributed by atoms with Crippen LogP contribution in [0.3, 0.4) is 0 Å². The molecule has 51 heavy (non-hydrogen) atoms. The van der Waals surface area contributed by atoms with Crippen LogP contribution >= 0.6 is 0 Å². The third-order valence-corrected chi connectivity index (χ3v) is 9.82. The monoisotopic (exact) mass is 716 g/mol. The number of hydrogen-bond acceptors (Lipinski definition) is 4. The van der Waals surface area contributed by atoms with Crippen molar-refractivity contribution < 1.29 is 20.1 Å². The summed E-state index contributed by atoms with van der Waals surface area (Å²) < 4.78 is 0. The number of hydrogen-bond donors (Lipinski definition) is 4. The largest absolute Gasteiger partial charge is 0.394 e. The summed E-state index contributed by atoms with van der Waals surface area (Å²) in [5, 5.41) is 33.1. The van der Waals surface area contributed by atoms with Crippen LogP contribution in [0.15, 0.2) is 48.6 Å². The van der Waals surface area contributed by atoms with Crippen LogP contribution in [-0.4, -0.2) is 46.1 Å². The number of carbonyl (C=O) groups excluding carboxylic acids is 1. The predicted octanol–water partition coefficient (Wildman–Crippen LogP) is 12.5. The van der Waals surface area contributed by atoms with E-state index >= 15 is 0 Å². The molecule has 0 bridgehead atoms. The van der Waals surface area contributed by atoms with Gasteiger partial charge in [-0.15, -0.1) is 0 Å². The lowest BCUT2D eigenvalue weighted by atomic mass is 10.0. The highest BCUT2D eigenvalue weighted by Crippen LogP contribution is 2.14. The van der Waals surface area contributed by atoms with Crippen LogP contribution in [0.1, 0.15) is 213 Å². The highest BCUT2D eigenvalue weighted by atomic mass is 16.3. The molecule has 0 rings (SSSR count). The molecular weight excluding hydrogens is 631 g/mol. The molecule has 0 aliphatic heterocycles. The van der Waals surface area contributed by atoms with Crippen molar-refractivity contribution in [3.8, 4) is 0 Å². The molecule has 298 valence electrons. The fraction of sp³-hybridized carbons (Fsp3) is 0.804. The van der Waals surface area contributed by atoms with E-state index < -0.39 is 18.2 Å². The van der Waals surface area contributed by atoms with Crippen molar-refractivity contribution in [3.63, 3.8) is 0 Å². The van der Waals surface area contributed by atoms with Crippen LogP contribution in [0.4, 0.5) is 0 Å². The van der Waals surface area contributed by atoms with Gasteiger partial charge in [0.15, 0.2) is 0 Å². The van der Waals surface area contributed by atoms with Gasteiger partial charge in [0.25, 0.3) is 0 Å². The van der Waals surface area contributed by atoms with E-state index in [1.165, 1.54) is 135 Å². The molecule has 0 saturated heterocycles. The minimum absolute atomic E-state index is 0.00456. The highest BCUT2D eigenvalue weighted by molar-refractivity contribution is 5.76. The van der Waals surface area contributed by atoms with Gasteiger partial charge in [-0.3, -0.25) is 4.79 Å². The van der Waals surface area contributed by atoms with Gasteiger partial charge < -0.3 is 20.6 Å². The number of allylic oxidation sites excluding steroid dienone is 7. The first kappa shape index (κ1) is 49.3. The average molecular weight is 716 g/mol. The van der Waals surface area contributed by atoms with E-state index in [9.17, 15) is 20.1 Å². The van der Waals surface area contributed by atoms with Crippen molar-refractivity contribution >= 4 is 5.91 Å². The molecule has 5 heteroatoms. The second kappa shape index (κ2) is 41.1. The first-order valence-electron chi connectivity index (χ1n) is 21.9. The molecule has 0 fully saturated rings. The van der Waals surface area contributed by atoms with Gasteiger partial charge in [-0.25, -0.2) is 0 Å². The van der Waals surface area contributed by atoms with E-state index in [-0.39, 0.29) is 18.9 Å². The number of amides is 1. The van der Waals surface area contributed by atoms with Crippen LogP contribution in [0.5, 0.6) is 0 Å². The van der Waals surface area contributed by atoms with E-state index in [2.05, 4.69) is 55.6 Å². The summed E-state index contributed by atoms with van der Waals surface area (Å²) in [4.78, 5) is 12.4. The molecule has 0 saturated carbocycles. The number of nitrogens with one attached hydrogen (secondary N) is 1. The lowest BCUT2D eigenvalue weighted by molar-refractivity contribution is -0.124. The van der Waals surface area contributed by atoms with E-state index in [1.807, 2.05) is 6.08 Å². The Morgan fingerprint density at radius 3 is 1.27 bits per heavy atom. The van der Waals surface area contributed by atoms with Crippen LogP contribution in [0, 0.1) is 0 Å². The maximum Gasteiger partial charge on any atom is 0.222 e. The summed E-state index contributed by atoms with van der Waals surface area (Å²) in [7, 11) is 0. The zero-order valence-electron chi connectivity index (χ0n) is 33.7. The molecule has 0 aromatic heterocycles. The van der Waals surface area contributed by atoms with Crippen molar-refractivity contribution in [2.75, 3.05) is 6.61 Å². The molecule has 0 radical (unpaired) electrons. The van der Waals surface area contributed by atoms with Gasteiger partial charge in [-0.2, -0.15) is 0 Å². The molecule has 0 aliphatic rings. The number of unbranched alkanes of at least 4 members (excludes halogenated alkanes) is 24. The standard InChI is InChI=1S/C46H85NO4/c1-3-5-7-9-11-13-15-17-18-19-20-21-22-23-24-25-26-28-30-32-34-36-38-40-45(50)44(42-48)47-46(51)41-43(49)39-37-35-33-31-29-27-16-14-12-10-8-6-4-2/h14,16,24-25,30,32,38,40,43-45,48-50H,3-13,15,17-23,26-29,31,33-37,39,41-42H2,1-2H3,(H,47,51)/b16-14-,25-24+,32-30+,40-38+. The molecule has 5 nitrogen and oxygen atoms in total. The third kappa shape index (κ3) is 37.9. The molecule has 3 unspecified atom stereocenters. The van der Waals surface area contributed by atoms with Gasteiger partial charge in [-0.05, 0) is 70.6 Å². The van der Waals surface area contributed by atoms with Gasteiger partial charge in [0.05, 0.1) is 31.3 Å². The summed E-state index contributed by atoms with van der Waals surface area (Å²) >= 11 is 0. The molecule has 0 aromatic carbocycles. The van der Waals surface area contributed by atoms with Crippen LogP contribution < -0.4 is 5.32 Å². The maximum absolute atomic E-state index is 12.4. The molecule has 1 amide bonds. The zero-order chi connectivity index (χ0) is 37.3. The predicted molar refractivity (Wildman–Crippen MR) is 222 cm³/mol. The minimum atomic E-state index is -0.962. The summed E-state index contributed by atoms with van der Waals surface area (Å²) in [6.07, 6.45) is 52.6. The molecule has 3 atom stereocenters. The number of aliphatic hydroxyl groups is 3. The Morgan fingerprint density at radius 1 is 0.490 bits per heavy atom. The lowest BCUT2D eigenvalue weighted by Gasteiger charge is -2.20. The summed E-state index contributed by atoms with van der Waals surface area (Å²) in [6, 6.07) is -0.770. The number of carbonyl (C=O) groups is 1. The minimum Gasteiger partial charge on any atom is -0.394 e. The highest BCUT2D eigenvalue weighted by Gasteiger charge is 2.20. The molecule has 0 aliphatic carbocycles. The van der Waals surface area contributed by atoms with Gasteiger partial charge in [-0.1, -0.05) is 184 Å². The molecule has 4 N–H and O–H groups in total. The third-order valence-electron chi connectivity index (χ3n) is 9.82. The quantitative estimate of drug-likeness (QED) is 0.0377. The first-order valence-corrected chi connectivity index (χ1v) is 21.9. The molecule has 0 heterocycles. The van der Waals surface area contributed by atoms with Crippen molar-refractivity contribution in [1.29, 1.82) is 0 Å². The Kier molecular flexibility index (Phi) is 39.7. The van der Waals surface area contributed by atoms with E-state index in [0.717, 1.165) is 51.4 Å². The Bertz CT molecular complexity index is 835. The van der Waals surface area contributed by atoms with Crippen LogP contribution in [-0.2, 0) is 4.79 Å². The topological polar surface area (TPSA) is 89.8 Å². The number of rotatable bonds is 39. The Labute approximate surface area is 316 Å². The Hall–Kier alpha value is -1.69. The van der Waals surface area contributed by atoms with Gasteiger partial charge in [0.2, 0.25) is 5.91 Å². The van der Waals surface area contributed by atoms with Crippen LogP contribution in [0.2, 0.25) is 0 Å².